The number of carbonyl (C=O) groups is 2. The maximum absolute atomic E-state index is 13.1. The van der Waals surface area contributed by atoms with Crippen molar-refractivity contribution in [2.45, 2.75) is 46.0 Å². The van der Waals surface area contributed by atoms with E-state index in [-0.39, 0.29) is 23.3 Å². The van der Waals surface area contributed by atoms with Crippen LogP contribution in [0.3, 0.4) is 0 Å². The molecule has 0 bridgehead atoms. The van der Waals surface area contributed by atoms with Crippen LogP contribution in [0, 0.1) is 6.92 Å². The van der Waals surface area contributed by atoms with E-state index in [0.29, 0.717) is 41.6 Å². The highest BCUT2D eigenvalue weighted by atomic mass is 32.1. The summed E-state index contributed by atoms with van der Waals surface area (Å²) in [4.78, 5) is 27.3. The van der Waals surface area contributed by atoms with Gasteiger partial charge in [0.25, 0.3) is 11.8 Å². The first-order valence-corrected chi connectivity index (χ1v) is 12.5. The number of rotatable bonds is 9. The van der Waals surface area contributed by atoms with Crippen LogP contribution < -0.4 is 10.6 Å². The molecule has 1 aliphatic rings. The van der Waals surface area contributed by atoms with Gasteiger partial charge in [0.15, 0.2) is 0 Å². The molecule has 0 saturated carbocycles. The number of thiophene rings is 1. The fourth-order valence-electron chi connectivity index (χ4n) is 4.10. The highest BCUT2D eigenvalue weighted by Gasteiger charge is 2.27. The lowest BCUT2D eigenvalue weighted by atomic mass is 9.95. The number of hydrogen-bond donors (Lipinski definition) is 4. The van der Waals surface area contributed by atoms with Gasteiger partial charge in [-0.3, -0.25) is 14.7 Å². The second-order valence-electron chi connectivity index (χ2n) is 8.36. The number of benzene rings is 1. The second kappa shape index (κ2) is 10.8. The third-order valence-corrected chi connectivity index (χ3v) is 7.04. The molecule has 4 N–H and O–H groups in total. The van der Waals surface area contributed by atoms with Gasteiger partial charge in [-0.05, 0) is 69.7 Å². The van der Waals surface area contributed by atoms with E-state index in [9.17, 15) is 14.7 Å². The molecular weight excluding hydrogens is 452 g/mol. The van der Waals surface area contributed by atoms with Gasteiger partial charge >= 0.3 is 0 Å². The third-order valence-electron chi connectivity index (χ3n) is 5.83. The summed E-state index contributed by atoms with van der Waals surface area (Å²) in [5.74, 6) is -0.450. The Morgan fingerprint density at radius 2 is 2.03 bits per heavy atom. The number of phenolic OH excluding ortho intramolecular Hbond substituents is 1. The highest BCUT2D eigenvalue weighted by molar-refractivity contribution is 7.17. The van der Waals surface area contributed by atoms with Crippen LogP contribution in [0.2, 0.25) is 0 Å². The maximum atomic E-state index is 13.1. The van der Waals surface area contributed by atoms with Crippen molar-refractivity contribution in [1.82, 2.24) is 15.5 Å². The molecule has 0 atom stereocenters. The summed E-state index contributed by atoms with van der Waals surface area (Å²) in [5, 5.41) is 23.6. The Bertz CT molecular complexity index is 1180. The molecule has 9 heteroatoms. The first-order chi connectivity index (χ1) is 16.5. The molecule has 0 aliphatic heterocycles. The van der Waals surface area contributed by atoms with Gasteiger partial charge in [0.1, 0.15) is 16.4 Å². The van der Waals surface area contributed by atoms with Crippen molar-refractivity contribution >= 4 is 28.2 Å². The molecule has 2 heterocycles. The molecule has 0 spiro atoms. The molecular formula is C25H30N4O4S. The number of fused-ring (bicyclic) bond motifs is 1. The number of hydrogen-bond acceptors (Lipinski definition) is 6. The summed E-state index contributed by atoms with van der Waals surface area (Å²) >= 11 is 1.48. The summed E-state index contributed by atoms with van der Waals surface area (Å²) in [7, 11) is 0. The van der Waals surface area contributed by atoms with E-state index in [0.717, 1.165) is 48.1 Å². The Kier molecular flexibility index (Phi) is 7.64. The molecule has 8 nitrogen and oxygen atoms in total. The number of ether oxygens (including phenoxy) is 1. The van der Waals surface area contributed by atoms with Crippen LogP contribution in [0.4, 0.5) is 5.00 Å². The molecule has 180 valence electrons. The zero-order valence-electron chi connectivity index (χ0n) is 19.5. The Hall–Kier alpha value is -3.17. The monoisotopic (exact) mass is 482 g/mol. The molecule has 3 aromatic rings. The quantitative estimate of drug-likeness (QED) is 0.337. The molecule has 0 saturated heterocycles. The summed E-state index contributed by atoms with van der Waals surface area (Å²) in [6.45, 7) is 5.63. The van der Waals surface area contributed by atoms with Gasteiger partial charge in [-0.25, -0.2) is 0 Å². The van der Waals surface area contributed by atoms with Crippen LogP contribution in [0.5, 0.6) is 5.75 Å². The average molecular weight is 483 g/mol. The van der Waals surface area contributed by atoms with E-state index < -0.39 is 0 Å². The van der Waals surface area contributed by atoms with Crippen LogP contribution >= 0.6 is 11.3 Å². The highest BCUT2D eigenvalue weighted by Crippen LogP contribution is 2.38. The van der Waals surface area contributed by atoms with E-state index in [1.165, 1.54) is 11.3 Å². The number of nitrogens with one attached hydrogen (secondary N) is 3. The van der Waals surface area contributed by atoms with Gasteiger partial charge in [0, 0.05) is 30.2 Å². The van der Waals surface area contributed by atoms with E-state index in [1.54, 1.807) is 18.2 Å². The number of aromatic nitrogens is 2. The first-order valence-electron chi connectivity index (χ1n) is 11.6. The van der Waals surface area contributed by atoms with Crippen LogP contribution in [0.15, 0.2) is 24.3 Å². The normalized spacial score (nSPS) is 12.9. The Labute approximate surface area is 202 Å². The lowest BCUT2D eigenvalue weighted by molar-refractivity contribution is 0.0944. The summed E-state index contributed by atoms with van der Waals surface area (Å²) in [6.07, 6.45) is 4.60. The fraction of sp³-hybridized carbons (Fsp3) is 0.400. The van der Waals surface area contributed by atoms with Gasteiger partial charge in [-0.15, -0.1) is 11.3 Å². The SMILES string of the molecule is CCOCCCNC(=O)c1c(NC(=O)c2cc(-c3cc(C)ccc3O)n[nH]2)sc2c1CCCC2. The van der Waals surface area contributed by atoms with Gasteiger partial charge in [0.05, 0.1) is 11.3 Å². The topological polar surface area (TPSA) is 116 Å². The smallest absolute Gasteiger partial charge is 0.274 e. The van der Waals surface area contributed by atoms with E-state index in [1.807, 2.05) is 19.9 Å². The molecule has 0 fully saturated rings. The number of anilines is 1. The third kappa shape index (κ3) is 5.31. The van der Waals surface area contributed by atoms with Crippen LogP contribution in [0.25, 0.3) is 11.3 Å². The summed E-state index contributed by atoms with van der Waals surface area (Å²) < 4.78 is 5.34. The second-order valence-corrected chi connectivity index (χ2v) is 9.47. The number of aryl methyl sites for hydroxylation is 2. The molecule has 1 aliphatic carbocycles. The van der Waals surface area contributed by atoms with E-state index >= 15 is 0 Å². The van der Waals surface area contributed by atoms with Gasteiger partial charge in [0.2, 0.25) is 0 Å². The molecule has 0 unspecified atom stereocenters. The van der Waals surface area contributed by atoms with Crippen molar-refractivity contribution < 1.29 is 19.4 Å². The minimum absolute atomic E-state index is 0.0956. The Balaban J connectivity index is 1.53. The number of aromatic amines is 1. The van der Waals surface area contributed by atoms with Gasteiger partial charge in [-0.2, -0.15) is 5.10 Å². The summed E-state index contributed by atoms with van der Waals surface area (Å²) in [5.41, 5.74) is 3.87. The predicted molar refractivity (Wildman–Crippen MR) is 133 cm³/mol. The minimum Gasteiger partial charge on any atom is -0.507 e. The molecule has 4 rings (SSSR count). The lowest BCUT2D eigenvalue weighted by Gasteiger charge is -2.13. The molecule has 2 aromatic heterocycles. The van der Waals surface area contributed by atoms with Crippen molar-refractivity contribution in [1.29, 1.82) is 0 Å². The molecule has 1 aromatic carbocycles. The number of nitrogens with zero attached hydrogens (tertiary/aromatic N) is 1. The lowest BCUT2D eigenvalue weighted by Crippen LogP contribution is -2.27. The average Bonchev–Trinajstić information content (AvgIpc) is 3.45. The van der Waals surface area contributed by atoms with Crippen molar-refractivity contribution in [2.24, 2.45) is 0 Å². The zero-order chi connectivity index (χ0) is 24.1. The number of phenols is 1. The fourth-order valence-corrected chi connectivity index (χ4v) is 5.39. The molecule has 0 radical (unpaired) electrons. The van der Waals surface area contributed by atoms with E-state index in [2.05, 4.69) is 20.8 Å². The Morgan fingerprint density at radius 1 is 1.21 bits per heavy atom. The van der Waals surface area contributed by atoms with Crippen LogP contribution in [0.1, 0.15) is 63.0 Å². The zero-order valence-corrected chi connectivity index (χ0v) is 20.3. The number of aromatic hydroxyl groups is 1. The molecule has 34 heavy (non-hydrogen) atoms. The van der Waals surface area contributed by atoms with Crippen molar-refractivity contribution in [3.05, 3.63) is 51.5 Å². The standard InChI is InChI=1S/C25H30N4O4S/c1-3-33-12-6-11-26-24(32)22-16-7-4-5-8-21(16)34-25(22)27-23(31)19-14-18(28-29-19)17-13-15(2)9-10-20(17)30/h9-10,13-14,30H,3-8,11-12H2,1-2H3,(H,26,32)(H,27,31)(H,28,29). The van der Waals surface area contributed by atoms with Crippen molar-refractivity contribution in [2.75, 3.05) is 25.1 Å². The van der Waals surface area contributed by atoms with Gasteiger partial charge < -0.3 is 20.5 Å². The Morgan fingerprint density at radius 3 is 2.85 bits per heavy atom. The van der Waals surface area contributed by atoms with Crippen LogP contribution in [-0.4, -0.2) is 46.9 Å². The number of H-pyrrole nitrogens is 1. The predicted octanol–water partition coefficient (Wildman–Crippen LogP) is 4.44. The van der Waals surface area contributed by atoms with Crippen LogP contribution in [-0.2, 0) is 17.6 Å². The maximum Gasteiger partial charge on any atom is 0.274 e. The summed E-state index contributed by atoms with van der Waals surface area (Å²) in [6, 6.07) is 6.83. The largest absolute Gasteiger partial charge is 0.507 e. The number of carbonyl (C=O) groups excluding carboxylic acids is 2. The molecule has 2 amide bonds. The number of amides is 2. The van der Waals surface area contributed by atoms with Crippen molar-refractivity contribution in [3.8, 4) is 17.0 Å². The first kappa shape index (κ1) is 24.0. The minimum atomic E-state index is -0.380. The van der Waals surface area contributed by atoms with E-state index in [4.69, 9.17) is 4.74 Å². The van der Waals surface area contributed by atoms with Crippen molar-refractivity contribution in [3.63, 3.8) is 0 Å². The van der Waals surface area contributed by atoms with Gasteiger partial charge in [-0.1, -0.05) is 11.6 Å².